The summed E-state index contributed by atoms with van der Waals surface area (Å²) in [7, 11) is 0. The van der Waals surface area contributed by atoms with Crippen molar-refractivity contribution >= 4 is 40.4 Å². The van der Waals surface area contributed by atoms with Crippen LogP contribution in [0.5, 0.6) is 11.6 Å². The van der Waals surface area contributed by atoms with Crippen LogP contribution in [0.4, 0.5) is 0 Å². The normalized spacial score (nSPS) is 13.0. The van der Waals surface area contributed by atoms with Crippen molar-refractivity contribution in [2.24, 2.45) is 5.73 Å². The molecule has 3 rings (SSSR count). The Labute approximate surface area is 138 Å². The van der Waals surface area contributed by atoms with Crippen molar-refractivity contribution < 1.29 is 4.74 Å². The minimum atomic E-state index is 0.261. The first kappa shape index (κ1) is 14.6. The van der Waals surface area contributed by atoms with Gasteiger partial charge in [-0.3, -0.25) is 0 Å². The van der Waals surface area contributed by atoms with E-state index in [4.69, 9.17) is 45.9 Å². The summed E-state index contributed by atoms with van der Waals surface area (Å²) >= 11 is 17.1. The average Bonchev–Trinajstić information content (AvgIpc) is 2.88. The molecule has 0 radical (unpaired) electrons. The fourth-order valence-electron chi connectivity index (χ4n) is 2.37. The quantitative estimate of drug-likeness (QED) is 0.847. The van der Waals surface area contributed by atoms with Crippen LogP contribution in [0.2, 0.25) is 10.0 Å². The van der Waals surface area contributed by atoms with Crippen molar-refractivity contribution in [3.63, 3.8) is 0 Å². The van der Waals surface area contributed by atoms with Crippen LogP contribution in [0, 0.1) is 0 Å². The molecule has 1 aromatic carbocycles. The lowest BCUT2D eigenvalue weighted by atomic mass is 10.1. The van der Waals surface area contributed by atoms with E-state index in [1.54, 1.807) is 18.2 Å². The van der Waals surface area contributed by atoms with Gasteiger partial charge >= 0.3 is 0 Å². The van der Waals surface area contributed by atoms with E-state index in [0.29, 0.717) is 27.2 Å². The van der Waals surface area contributed by atoms with Crippen molar-refractivity contribution in [2.45, 2.75) is 19.3 Å². The van der Waals surface area contributed by atoms with Crippen molar-refractivity contribution in [1.82, 2.24) is 4.98 Å². The molecule has 0 atom stereocenters. The van der Waals surface area contributed by atoms with E-state index in [-0.39, 0.29) is 4.99 Å². The third-order valence-corrected chi connectivity index (χ3v) is 4.13. The summed E-state index contributed by atoms with van der Waals surface area (Å²) in [5.41, 5.74) is 8.64. The number of aryl methyl sites for hydroxylation is 2. The van der Waals surface area contributed by atoms with Gasteiger partial charge < -0.3 is 10.5 Å². The molecule has 0 saturated heterocycles. The summed E-state index contributed by atoms with van der Waals surface area (Å²) in [4.78, 5) is 4.81. The molecule has 2 aromatic rings. The predicted octanol–water partition coefficient (Wildman–Crippen LogP) is 4.30. The third kappa shape index (κ3) is 2.98. The highest BCUT2D eigenvalue weighted by Crippen LogP contribution is 2.34. The van der Waals surface area contributed by atoms with Crippen LogP contribution >= 0.6 is 35.4 Å². The molecule has 0 spiro atoms. The number of ether oxygens (including phenoxy) is 1. The van der Waals surface area contributed by atoms with Crippen molar-refractivity contribution in [2.75, 3.05) is 0 Å². The van der Waals surface area contributed by atoms with Gasteiger partial charge in [-0.15, -0.1) is 0 Å². The fourth-order valence-corrected chi connectivity index (χ4v) is 2.96. The second-order valence-corrected chi connectivity index (χ2v) is 6.12. The lowest BCUT2D eigenvalue weighted by Crippen LogP contribution is -2.13. The second-order valence-electron chi connectivity index (χ2n) is 4.84. The lowest BCUT2D eigenvalue weighted by molar-refractivity contribution is 0.460. The Balaban J connectivity index is 2.03. The largest absolute Gasteiger partial charge is 0.437 e. The SMILES string of the molecule is NC(=S)c1cc2c(nc1Oc1ccc(Cl)cc1Cl)CCC2. The summed E-state index contributed by atoms with van der Waals surface area (Å²) in [5.74, 6) is 0.872. The molecule has 1 heterocycles. The zero-order valence-electron chi connectivity index (χ0n) is 11.0. The number of benzene rings is 1. The van der Waals surface area contributed by atoms with E-state index in [1.807, 2.05) is 6.07 Å². The smallest absolute Gasteiger partial charge is 0.229 e. The molecule has 2 N–H and O–H groups in total. The first-order chi connectivity index (χ1) is 10.0. The monoisotopic (exact) mass is 338 g/mol. The molecular weight excluding hydrogens is 327 g/mol. The molecule has 0 bridgehead atoms. The maximum Gasteiger partial charge on any atom is 0.229 e. The maximum absolute atomic E-state index is 6.13. The number of nitrogens with two attached hydrogens (primary N) is 1. The molecule has 0 unspecified atom stereocenters. The molecule has 1 aliphatic carbocycles. The van der Waals surface area contributed by atoms with Gasteiger partial charge in [0.15, 0.2) is 0 Å². The van der Waals surface area contributed by atoms with Crippen molar-refractivity contribution in [3.8, 4) is 11.6 Å². The number of rotatable bonds is 3. The fraction of sp³-hybridized carbons (Fsp3) is 0.200. The number of halogens is 2. The number of thiocarbonyl (C=S) groups is 1. The molecule has 21 heavy (non-hydrogen) atoms. The van der Waals surface area contributed by atoms with E-state index < -0.39 is 0 Å². The second kappa shape index (κ2) is 5.79. The summed E-state index contributed by atoms with van der Waals surface area (Å²) in [5, 5.41) is 0.961. The highest BCUT2D eigenvalue weighted by atomic mass is 35.5. The van der Waals surface area contributed by atoms with Crippen LogP contribution < -0.4 is 10.5 Å². The number of hydrogen-bond acceptors (Lipinski definition) is 3. The Morgan fingerprint density at radius 3 is 2.76 bits per heavy atom. The summed E-state index contributed by atoms with van der Waals surface area (Å²) in [6.45, 7) is 0. The van der Waals surface area contributed by atoms with Crippen molar-refractivity contribution in [3.05, 3.63) is 51.1 Å². The molecule has 108 valence electrons. The van der Waals surface area contributed by atoms with Gasteiger partial charge in [-0.05, 0) is 49.1 Å². The van der Waals surface area contributed by atoms with Gasteiger partial charge in [0, 0.05) is 10.7 Å². The predicted molar refractivity (Wildman–Crippen MR) is 88.7 cm³/mol. The molecule has 0 saturated carbocycles. The Morgan fingerprint density at radius 1 is 1.24 bits per heavy atom. The average molecular weight is 339 g/mol. The van der Waals surface area contributed by atoms with Crippen LogP contribution in [0.15, 0.2) is 24.3 Å². The van der Waals surface area contributed by atoms with Crippen LogP contribution in [0.25, 0.3) is 0 Å². The zero-order valence-corrected chi connectivity index (χ0v) is 13.4. The zero-order chi connectivity index (χ0) is 15.0. The number of pyridine rings is 1. The van der Waals surface area contributed by atoms with E-state index in [9.17, 15) is 0 Å². The van der Waals surface area contributed by atoms with Gasteiger partial charge in [0.05, 0.1) is 10.6 Å². The maximum atomic E-state index is 6.13. The molecule has 3 nitrogen and oxygen atoms in total. The molecule has 0 amide bonds. The Morgan fingerprint density at radius 2 is 2.05 bits per heavy atom. The molecule has 1 aliphatic rings. The topological polar surface area (TPSA) is 48.1 Å². The van der Waals surface area contributed by atoms with E-state index in [0.717, 1.165) is 25.0 Å². The minimum absolute atomic E-state index is 0.261. The van der Waals surface area contributed by atoms with E-state index in [1.165, 1.54) is 5.56 Å². The van der Waals surface area contributed by atoms with Gasteiger partial charge in [-0.2, -0.15) is 0 Å². The Kier molecular flexibility index (Phi) is 4.02. The van der Waals surface area contributed by atoms with Gasteiger partial charge in [-0.25, -0.2) is 4.98 Å². The highest BCUT2D eigenvalue weighted by Gasteiger charge is 2.19. The first-order valence-corrected chi connectivity index (χ1v) is 7.66. The molecule has 1 aromatic heterocycles. The molecule has 0 fully saturated rings. The Bertz CT molecular complexity index is 734. The van der Waals surface area contributed by atoms with E-state index in [2.05, 4.69) is 4.98 Å². The van der Waals surface area contributed by atoms with E-state index >= 15 is 0 Å². The van der Waals surface area contributed by atoms with Gasteiger partial charge in [0.25, 0.3) is 0 Å². The van der Waals surface area contributed by atoms with Gasteiger partial charge in [0.2, 0.25) is 5.88 Å². The summed E-state index contributed by atoms with van der Waals surface area (Å²) in [6, 6.07) is 6.99. The Hall–Kier alpha value is -1.36. The molecule has 6 heteroatoms. The van der Waals surface area contributed by atoms with Crippen LogP contribution in [0.3, 0.4) is 0 Å². The standard InChI is InChI=1S/C15H12Cl2N2OS/c16-9-4-5-13(11(17)7-9)20-15-10(14(18)21)6-8-2-1-3-12(8)19-15/h4-7H,1-3H2,(H2,18,21). The number of hydrogen-bond donors (Lipinski definition) is 1. The minimum Gasteiger partial charge on any atom is -0.437 e. The third-order valence-electron chi connectivity index (χ3n) is 3.38. The van der Waals surface area contributed by atoms with Crippen LogP contribution in [0.1, 0.15) is 23.2 Å². The lowest BCUT2D eigenvalue weighted by Gasteiger charge is -2.12. The summed E-state index contributed by atoms with van der Waals surface area (Å²) in [6.07, 6.45) is 3.03. The first-order valence-electron chi connectivity index (χ1n) is 6.50. The van der Waals surface area contributed by atoms with Crippen LogP contribution in [-0.4, -0.2) is 9.97 Å². The van der Waals surface area contributed by atoms with Crippen molar-refractivity contribution in [1.29, 1.82) is 0 Å². The number of aromatic nitrogens is 1. The van der Waals surface area contributed by atoms with Gasteiger partial charge in [0.1, 0.15) is 10.7 Å². The highest BCUT2D eigenvalue weighted by molar-refractivity contribution is 7.80. The molecular formula is C15H12Cl2N2OS. The van der Waals surface area contributed by atoms with Gasteiger partial charge in [-0.1, -0.05) is 35.4 Å². The number of nitrogens with zero attached hydrogens (tertiary/aromatic N) is 1. The molecule has 0 aliphatic heterocycles. The summed E-state index contributed by atoms with van der Waals surface area (Å²) < 4.78 is 5.81. The number of fused-ring (bicyclic) bond motifs is 1. The van der Waals surface area contributed by atoms with Crippen LogP contribution in [-0.2, 0) is 12.8 Å².